The van der Waals surface area contributed by atoms with E-state index in [2.05, 4.69) is 16.4 Å². The van der Waals surface area contributed by atoms with Gasteiger partial charge in [-0.2, -0.15) is 0 Å². The first-order chi connectivity index (χ1) is 19.2. The molecule has 10 nitrogen and oxygen atoms in total. The van der Waals surface area contributed by atoms with Crippen LogP contribution in [0.1, 0.15) is 19.4 Å². The number of ether oxygens (including phenoxy) is 5. The van der Waals surface area contributed by atoms with E-state index in [4.69, 9.17) is 23.7 Å². The highest BCUT2D eigenvalue weighted by Crippen LogP contribution is 2.30. The number of aliphatic imine (C=N–C) groups is 1. The van der Waals surface area contributed by atoms with E-state index < -0.39 is 33.4 Å². The summed E-state index contributed by atoms with van der Waals surface area (Å²) in [5, 5.41) is 0. The van der Waals surface area contributed by atoms with Crippen LogP contribution in [-0.4, -0.2) is 80.4 Å². The molecule has 2 aromatic rings. The molecule has 2 aromatic carbocycles. The Labute approximate surface area is 233 Å². The van der Waals surface area contributed by atoms with E-state index >= 15 is 0 Å². The van der Waals surface area contributed by atoms with E-state index in [9.17, 15) is 22.0 Å². The molecule has 0 aliphatic carbocycles. The minimum atomic E-state index is -3.85. The average molecular weight is 585 g/mol. The maximum Gasteiger partial charge on any atom is 0.333 e. The Bertz CT molecular complexity index is 1210. The van der Waals surface area contributed by atoms with Crippen molar-refractivity contribution < 1.29 is 45.7 Å². The highest BCUT2D eigenvalue weighted by molar-refractivity contribution is 7.89. The number of hydrogen-bond acceptors (Lipinski definition) is 9. The summed E-state index contributed by atoms with van der Waals surface area (Å²) in [6.45, 7) is 9.30. The third-order valence-corrected chi connectivity index (χ3v) is 6.51. The normalized spacial score (nSPS) is 11.8. The summed E-state index contributed by atoms with van der Waals surface area (Å²) in [7, 11) is -3.85. The van der Waals surface area contributed by atoms with E-state index in [0.29, 0.717) is 33.0 Å². The average Bonchev–Trinajstić information content (AvgIpc) is 2.91. The van der Waals surface area contributed by atoms with Crippen molar-refractivity contribution in [2.24, 2.45) is 4.99 Å². The van der Waals surface area contributed by atoms with Crippen molar-refractivity contribution in [3.05, 3.63) is 59.2 Å². The predicted octanol–water partition coefficient (Wildman–Crippen LogP) is 3.75. The van der Waals surface area contributed by atoms with Gasteiger partial charge in [-0.25, -0.2) is 26.7 Å². The molecule has 2 rings (SSSR count). The van der Waals surface area contributed by atoms with Gasteiger partial charge in [0.2, 0.25) is 10.0 Å². The molecule has 0 saturated carbocycles. The molecule has 0 heterocycles. The van der Waals surface area contributed by atoms with Gasteiger partial charge in [-0.15, -0.1) is 0 Å². The Kier molecular flexibility index (Phi) is 14.4. The lowest BCUT2D eigenvalue weighted by Gasteiger charge is -2.11. The lowest BCUT2D eigenvalue weighted by molar-refractivity contribution is -0.138. The first kappa shape index (κ1) is 33.0. The molecule has 13 heteroatoms. The molecule has 0 unspecified atom stereocenters. The molecular weight excluding hydrogens is 550 g/mol. The standard InChI is InChI=1S/C27H34F2N2O8S/c1-4-38-27(32)20(2)17-21-18-24(28)26(25(29)19-21)39-22-5-7-23(8-6-22)40(33,34)31-10-12-36-14-16-37-15-13-35-11-9-30-3/h5-8,17-19,31H,3-4,9-16H2,1-2H3/b20-17+. The first-order valence-corrected chi connectivity index (χ1v) is 13.9. The summed E-state index contributed by atoms with van der Waals surface area (Å²) in [6, 6.07) is 7.06. The number of carbonyl (C=O) groups excluding carboxylic acids is 1. The fourth-order valence-electron chi connectivity index (χ4n) is 3.12. The zero-order chi connectivity index (χ0) is 29.4. The highest BCUT2D eigenvalue weighted by atomic mass is 32.2. The van der Waals surface area contributed by atoms with Crippen molar-refractivity contribution in [1.82, 2.24) is 4.72 Å². The summed E-state index contributed by atoms with van der Waals surface area (Å²) in [5.41, 5.74) is 0.287. The number of benzene rings is 2. The van der Waals surface area contributed by atoms with Crippen molar-refractivity contribution in [2.75, 3.05) is 59.3 Å². The summed E-state index contributed by atoms with van der Waals surface area (Å²) in [5.74, 6) is -3.24. The van der Waals surface area contributed by atoms with Crippen molar-refractivity contribution in [1.29, 1.82) is 0 Å². The Morgan fingerprint density at radius 3 is 2.12 bits per heavy atom. The van der Waals surface area contributed by atoms with Crippen LogP contribution in [0.15, 0.2) is 51.9 Å². The molecule has 0 amide bonds. The van der Waals surface area contributed by atoms with Gasteiger partial charge in [-0.3, -0.25) is 4.99 Å². The second-order valence-electron chi connectivity index (χ2n) is 8.12. The number of nitrogens with one attached hydrogen (secondary N) is 1. The number of rotatable bonds is 19. The number of esters is 1. The number of sulfonamides is 1. The van der Waals surface area contributed by atoms with Crippen molar-refractivity contribution in [3.8, 4) is 11.5 Å². The Morgan fingerprint density at radius 1 is 0.975 bits per heavy atom. The number of halogens is 2. The lowest BCUT2D eigenvalue weighted by Crippen LogP contribution is -2.27. The van der Waals surface area contributed by atoms with Gasteiger partial charge in [0.05, 0.1) is 57.7 Å². The highest BCUT2D eigenvalue weighted by Gasteiger charge is 2.17. The fraction of sp³-hybridized carbons (Fsp3) is 0.407. The predicted molar refractivity (Wildman–Crippen MR) is 145 cm³/mol. The summed E-state index contributed by atoms with van der Waals surface area (Å²) >= 11 is 0. The molecule has 1 N–H and O–H groups in total. The van der Waals surface area contributed by atoms with Crippen molar-refractivity contribution >= 4 is 28.8 Å². The maximum absolute atomic E-state index is 14.6. The largest absolute Gasteiger partial charge is 0.463 e. The monoisotopic (exact) mass is 584 g/mol. The van der Waals surface area contributed by atoms with Crippen LogP contribution in [0.3, 0.4) is 0 Å². The van der Waals surface area contributed by atoms with Gasteiger partial charge < -0.3 is 23.7 Å². The lowest BCUT2D eigenvalue weighted by atomic mass is 10.1. The van der Waals surface area contributed by atoms with Crippen LogP contribution in [0.2, 0.25) is 0 Å². The van der Waals surface area contributed by atoms with Gasteiger partial charge >= 0.3 is 5.97 Å². The molecule has 0 saturated heterocycles. The Morgan fingerprint density at radius 2 is 1.55 bits per heavy atom. The van der Waals surface area contributed by atoms with Gasteiger partial charge in [0.25, 0.3) is 0 Å². The minimum absolute atomic E-state index is 0.0221. The molecule has 0 bridgehead atoms. The van der Waals surface area contributed by atoms with Crippen molar-refractivity contribution in [3.63, 3.8) is 0 Å². The Hall–Kier alpha value is -3.23. The van der Waals surface area contributed by atoms with E-state index in [0.717, 1.165) is 12.1 Å². The SMILES string of the molecule is C=NCCOCCOCCOCCNS(=O)(=O)c1ccc(Oc2c(F)cc(/C=C(\C)C(=O)OCC)cc2F)cc1. The third kappa shape index (κ3) is 11.5. The summed E-state index contributed by atoms with van der Waals surface area (Å²) in [4.78, 5) is 15.3. The molecule has 0 radical (unpaired) electrons. The van der Waals surface area contributed by atoms with Gasteiger partial charge in [0.1, 0.15) is 5.75 Å². The molecule has 0 aliphatic rings. The van der Waals surface area contributed by atoms with Crippen LogP contribution in [-0.2, 0) is 33.8 Å². The second kappa shape index (κ2) is 17.5. The van der Waals surface area contributed by atoms with E-state index in [1.54, 1.807) is 6.92 Å². The van der Waals surface area contributed by atoms with Crippen LogP contribution in [0.25, 0.3) is 6.08 Å². The number of hydrogen-bond donors (Lipinski definition) is 1. The first-order valence-electron chi connectivity index (χ1n) is 12.5. The third-order valence-electron chi connectivity index (χ3n) is 5.03. The van der Waals surface area contributed by atoms with Gasteiger partial charge in [-0.1, -0.05) is 0 Å². The molecule has 0 aliphatic heterocycles. The molecule has 0 fully saturated rings. The summed E-state index contributed by atoms with van der Waals surface area (Å²) in [6.07, 6.45) is 1.29. The van der Waals surface area contributed by atoms with Crippen LogP contribution in [0.5, 0.6) is 11.5 Å². The molecule has 40 heavy (non-hydrogen) atoms. The van der Waals surface area contributed by atoms with Crippen LogP contribution >= 0.6 is 0 Å². The zero-order valence-electron chi connectivity index (χ0n) is 22.5. The number of nitrogens with zero attached hydrogens (tertiary/aromatic N) is 1. The molecule has 220 valence electrons. The minimum Gasteiger partial charge on any atom is -0.463 e. The molecule has 0 spiro atoms. The van der Waals surface area contributed by atoms with Crippen LogP contribution in [0.4, 0.5) is 8.78 Å². The summed E-state index contributed by atoms with van der Waals surface area (Å²) < 4.78 is 82.6. The number of carbonyl (C=O) groups is 1. The smallest absolute Gasteiger partial charge is 0.333 e. The van der Waals surface area contributed by atoms with Gasteiger partial charge in [-0.05, 0) is 68.6 Å². The maximum atomic E-state index is 14.6. The fourth-order valence-corrected chi connectivity index (χ4v) is 4.13. The second-order valence-corrected chi connectivity index (χ2v) is 9.88. The van der Waals surface area contributed by atoms with Crippen LogP contribution < -0.4 is 9.46 Å². The molecular formula is C27H34F2N2O8S. The van der Waals surface area contributed by atoms with E-state index in [-0.39, 0.29) is 48.1 Å². The van der Waals surface area contributed by atoms with Gasteiger partial charge in [0.15, 0.2) is 17.4 Å². The quantitative estimate of drug-likeness (QED) is 0.115. The zero-order valence-corrected chi connectivity index (χ0v) is 23.3. The van der Waals surface area contributed by atoms with Gasteiger partial charge in [0, 0.05) is 12.1 Å². The van der Waals surface area contributed by atoms with Crippen LogP contribution in [0, 0.1) is 11.6 Å². The van der Waals surface area contributed by atoms with E-state index in [1.807, 2.05) is 0 Å². The molecule has 0 aromatic heterocycles. The molecule has 0 atom stereocenters. The van der Waals surface area contributed by atoms with E-state index in [1.165, 1.54) is 37.3 Å². The topological polar surface area (TPSA) is 122 Å². The van der Waals surface area contributed by atoms with Crippen molar-refractivity contribution in [2.45, 2.75) is 18.7 Å². The Balaban J connectivity index is 1.82.